The highest BCUT2D eigenvalue weighted by Crippen LogP contribution is 2.41. The lowest BCUT2D eigenvalue weighted by Gasteiger charge is -2.36. The molecule has 0 N–H and O–H groups in total. The Morgan fingerprint density at radius 3 is 2.57 bits per heavy atom. The molecule has 0 spiro atoms. The van der Waals surface area contributed by atoms with Crippen molar-refractivity contribution in [1.29, 1.82) is 0 Å². The molecule has 1 saturated carbocycles. The number of hydrogen-bond donors (Lipinski definition) is 0. The summed E-state index contributed by atoms with van der Waals surface area (Å²) in [4.78, 5) is 10.9. The Morgan fingerprint density at radius 2 is 2.07 bits per heavy atom. The van der Waals surface area contributed by atoms with Crippen LogP contribution in [0.5, 0.6) is 0 Å². The minimum Gasteiger partial charge on any atom is -0.303 e. The molecule has 0 aliphatic heterocycles. The number of rotatable bonds is 3. The first kappa shape index (κ1) is 9.38. The minimum atomic E-state index is -0.262. The number of benzene rings is 1. The summed E-state index contributed by atoms with van der Waals surface area (Å²) in [6, 6.07) is 6.70. The topological polar surface area (TPSA) is 17.1 Å². The summed E-state index contributed by atoms with van der Waals surface area (Å²) in [6.45, 7) is 0. The first-order valence-electron chi connectivity index (χ1n) is 4.95. The minimum absolute atomic E-state index is 0.194. The maximum Gasteiger partial charge on any atom is 0.126 e. The van der Waals surface area contributed by atoms with E-state index in [4.69, 9.17) is 0 Å². The highest BCUT2D eigenvalue weighted by Gasteiger charge is 2.37. The van der Waals surface area contributed by atoms with E-state index in [2.05, 4.69) is 0 Å². The quantitative estimate of drug-likeness (QED) is 0.673. The zero-order chi connectivity index (χ0) is 10.0. The van der Waals surface area contributed by atoms with E-state index < -0.39 is 0 Å². The van der Waals surface area contributed by atoms with E-state index in [1.807, 2.05) is 6.07 Å². The molecule has 1 nitrogen and oxygen atoms in total. The van der Waals surface area contributed by atoms with Crippen LogP contribution < -0.4 is 0 Å². The van der Waals surface area contributed by atoms with E-state index in [1.165, 1.54) is 6.07 Å². The molecular weight excluding hydrogens is 179 g/mol. The first-order valence-corrected chi connectivity index (χ1v) is 4.95. The second-order valence-corrected chi connectivity index (χ2v) is 4.10. The van der Waals surface area contributed by atoms with E-state index in [1.54, 1.807) is 12.1 Å². The van der Waals surface area contributed by atoms with Gasteiger partial charge in [-0.1, -0.05) is 24.6 Å². The Labute approximate surface area is 82.9 Å². The number of hydrogen-bond acceptors (Lipinski definition) is 1. The van der Waals surface area contributed by atoms with Crippen molar-refractivity contribution >= 4 is 6.29 Å². The summed E-state index contributed by atoms with van der Waals surface area (Å²) < 4.78 is 13.3. The van der Waals surface area contributed by atoms with Gasteiger partial charge in [0.2, 0.25) is 0 Å². The van der Waals surface area contributed by atoms with Crippen LogP contribution in [0.3, 0.4) is 0 Å². The Morgan fingerprint density at radius 1 is 1.36 bits per heavy atom. The SMILES string of the molecule is O=CC1(Cc2ccccc2F)CCC1. The fraction of sp³-hybridized carbons (Fsp3) is 0.417. The smallest absolute Gasteiger partial charge is 0.126 e. The lowest BCUT2D eigenvalue weighted by molar-refractivity contribution is -0.120. The van der Waals surface area contributed by atoms with Gasteiger partial charge in [0.05, 0.1) is 0 Å². The van der Waals surface area contributed by atoms with Crippen molar-refractivity contribution in [3.05, 3.63) is 35.6 Å². The van der Waals surface area contributed by atoms with Gasteiger partial charge in [0.25, 0.3) is 0 Å². The molecular formula is C12H13FO. The molecule has 1 fully saturated rings. The fourth-order valence-corrected chi connectivity index (χ4v) is 1.99. The average Bonchev–Trinajstić information content (AvgIpc) is 2.14. The van der Waals surface area contributed by atoms with E-state index >= 15 is 0 Å². The maximum absolute atomic E-state index is 13.3. The van der Waals surface area contributed by atoms with Crippen molar-refractivity contribution in [3.63, 3.8) is 0 Å². The molecule has 14 heavy (non-hydrogen) atoms. The van der Waals surface area contributed by atoms with Crippen LogP contribution in [0.1, 0.15) is 24.8 Å². The molecule has 2 rings (SSSR count). The van der Waals surface area contributed by atoms with E-state index in [0.29, 0.717) is 12.0 Å². The van der Waals surface area contributed by atoms with Crippen LogP contribution in [0.25, 0.3) is 0 Å². The summed E-state index contributed by atoms with van der Waals surface area (Å²) >= 11 is 0. The highest BCUT2D eigenvalue weighted by atomic mass is 19.1. The van der Waals surface area contributed by atoms with Gasteiger partial charge in [0, 0.05) is 5.41 Å². The Kier molecular flexibility index (Phi) is 2.36. The van der Waals surface area contributed by atoms with Gasteiger partial charge in [-0.05, 0) is 30.9 Å². The molecule has 0 unspecified atom stereocenters. The van der Waals surface area contributed by atoms with Gasteiger partial charge in [-0.2, -0.15) is 0 Å². The lowest BCUT2D eigenvalue weighted by atomic mass is 9.66. The fourth-order valence-electron chi connectivity index (χ4n) is 1.99. The molecule has 1 aliphatic carbocycles. The largest absolute Gasteiger partial charge is 0.303 e. The molecule has 1 aliphatic rings. The second-order valence-electron chi connectivity index (χ2n) is 4.10. The third kappa shape index (κ3) is 1.57. The zero-order valence-electron chi connectivity index (χ0n) is 8.00. The van der Waals surface area contributed by atoms with E-state index in [-0.39, 0.29) is 11.2 Å². The third-order valence-electron chi connectivity index (χ3n) is 3.10. The van der Waals surface area contributed by atoms with Crippen LogP contribution >= 0.6 is 0 Å². The summed E-state index contributed by atoms with van der Waals surface area (Å²) in [5.41, 5.74) is 0.404. The van der Waals surface area contributed by atoms with Crippen LogP contribution in [-0.2, 0) is 11.2 Å². The molecule has 0 aromatic heterocycles. The second kappa shape index (κ2) is 3.52. The van der Waals surface area contributed by atoms with Crippen LogP contribution in [0.4, 0.5) is 4.39 Å². The molecule has 74 valence electrons. The molecule has 0 heterocycles. The van der Waals surface area contributed by atoms with E-state index in [9.17, 15) is 9.18 Å². The average molecular weight is 192 g/mol. The van der Waals surface area contributed by atoms with Crippen molar-refractivity contribution in [2.45, 2.75) is 25.7 Å². The molecule has 0 atom stereocenters. The molecule has 0 radical (unpaired) electrons. The number of carbonyl (C=O) groups excluding carboxylic acids is 1. The lowest BCUT2D eigenvalue weighted by Crippen LogP contribution is -2.33. The predicted octanol–water partition coefficient (Wildman–Crippen LogP) is 2.74. The van der Waals surface area contributed by atoms with Crippen molar-refractivity contribution in [3.8, 4) is 0 Å². The number of aldehydes is 1. The van der Waals surface area contributed by atoms with Crippen molar-refractivity contribution < 1.29 is 9.18 Å². The van der Waals surface area contributed by atoms with Crippen molar-refractivity contribution in [1.82, 2.24) is 0 Å². The van der Waals surface area contributed by atoms with Gasteiger partial charge < -0.3 is 4.79 Å². The van der Waals surface area contributed by atoms with Gasteiger partial charge in [-0.25, -0.2) is 4.39 Å². The summed E-state index contributed by atoms with van der Waals surface area (Å²) in [6.07, 6.45) is 4.47. The molecule has 2 heteroatoms. The van der Waals surface area contributed by atoms with Crippen LogP contribution in [0.2, 0.25) is 0 Å². The van der Waals surface area contributed by atoms with Crippen LogP contribution in [0, 0.1) is 11.2 Å². The molecule has 1 aromatic carbocycles. The van der Waals surface area contributed by atoms with Gasteiger partial charge in [0.15, 0.2) is 0 Å². The van der Waals surface area contributed by atoms with Crippen molar-refractivity contribution in [2.24, 2.45) is 5.41 Å². The van der Waals surface area contributed by atoms with Gasteiger partial charge in [-0.15, -0.1) is 0 Å². The molecule has 1 aromatic rings. The van der Waals surface area contributed by atoms with Crippen molar-refractivity contribution in [2.75, 3.05) is 0 Å². The normalized spacial score (nSPS) is 18.6. The monoisotopic (exact) mass is 192 g/mol. The van der Waals surface area contributed by atoms with E-state index in [0.717, 1.165) is 25.5 Å². The first-order chi connectivity index (χ1) is 6.76. The summed E-state index contributed by atoms with van der Waals surface area (Å²) in [5.74, 6) is -0.194. The molecule has 0 saturated heterocycles. The molecule has 0 bridgehead atoms. The zero-order valence-corrected chi connectivity index (χ0v) is 8.00. The van der Waals surface area contributed by atoms with Gasteiger partial charge in [0.1, 0.15) is 12.1 Å². The van der Waals surface area contributed by atoms with Crippen LogP contribution in [-0.4, -0.2) is 6.29 Å². The molecule has 0 amide bonds. The predicted molar refractivity (Wildman–Crippen MR) is 52.5 cm³/mol. The Bertz CT molecular complexity index is 342. The van der Waals surface area contributed by atoms with Gasteiger partial charge in [-0.3, -0.25) is 0 Å². The third-order valence-corrected chi connectivity index (χ3v) is 3.10. The summed E-state index contributed by atoms with van der Waals surface area (Å²) in [7, 11) is 0. The van der Waals surface area contributed by atoms with Gasteiger partial charge >= 0.3 is 0 Å². The summed E-state index contributed by atoms with van der Waals surface area (Å²) in [5, 5.41) is 0. The van der Waals surface area contributed by atoms with Crippen LogP contribution in [0.15, 0.2) is 24.3 Å². The highest BCUT2D eigenvalue weighted by molar-refractivity contribution is 5.61. The number of carbonyl (C=O) groups is 1. The Balaban J connectivity index is 2.17. The number of halogens is 1. The Hall–Kier alpha value is -1.18. The maximum atomic E-state index is 13.3. The standard InChI is InChI=1S/C12H13FO/c13-11-5-2-1-4-10(11)8-12(9-14)6-3-7-12/h1-2,4-5,9H,3,6-8H2.